The van der Waals surface area contributed by atoms with Crippen LogP contribution >= 0.6 is 7.82 Å². The third-order valence-corrected chi connectivity index (χ3v) is 3.75. The van der Waals surface area contributed by atoms with Crippen LogP contribution in [0.4, 0.5) is 0 Å². The molecule has 0 bridgehead atoms. The number of para-hydroxylation sites is 2. The SMILES string of the molecule is Cc1ccccc1.O=P(O)(Oc1ccccc1)Oc1ccccc1. The minimum absolute atomic E-state index is 0.286. The minimum atomic E-state index is -4.14. The lowest BCUT2D eigenvalue weighted by molar-refractivity contribution is 0.291. The van der Waals surface area contributed by atoms with Crippen LogP contribution in [0.1, 0.15) is 5.56 Å². The van der Waals surface area contributed by atoms with Gasteiger partial charge in [0.25, 0.3) is 0 Å². The van der Waals surface area contributed by atoms with Gasteiger partial charge in [0.15, 0.2) is 0 Å². The Morgan fingerprint density at radius 1 is 0.667 bits per heavy atom. The molecular weight excluding hydrogens is 323 g/mol. The average Bonchev–Trinajstić information content (AvgIpc) is 2.57. The van der Waals surface area contributed by atoms with Crippen LogP contribution in [0.2, 0.25) is 0 Å². The third kappa shape index (κ3) is 6.69. The van der Waals surface area contributed by atoms with Crippen molar-refractivity contribution in [1.82, 2.24) is 0 Å². The maximum Gasteiger partial charge on any atom is 0.584 e. The summed E-state index contributed by atoms with van der Waals surface area (Å²) in [4.78, 5) is 9.53. The standard InChI is InChI=1S/C12H11O4P.C7H8/c13-17(14,15-11-7-3-1-4-8-11)16-12-9-5-2-6-10-12;1-7-5-3-2-4-6-7/h1-10H,(H,13,14);2-6H,1H3. The number of phosphoric acid groups is 1. The van der Waals surface area contributed by atoms with Gasteiger partial charge in [-0.3, -0.25) is 4.89 Å². The van der Waals surface area contributed by atoms with Crippen molar-refractivity contribution in [2.75, 3.05) is 0 Å². The molecule has 0 spiro atoms. The molecule has 0 fully saturated rings. The molecule has 0 aliphatic carbocycles. The highest BCUT2D eigenvalue weighted by Crippen LogP contribution is 2.44. The highest BCUT2D eigenvalue weighted by atomic mass is 31.2. The smallest absolute Gasteiger partial charge is 0.395 e. The lowest BCUT2D eigenvalue weighted by atomic mass is 10.2. The van der Waals surface area contributed by atoms with Crippen LogP contribution in [0.15, 0.2) is 91.0 Å². The van der Waals surface area contributed by atoms with E-state index in [0.29, 0.717) is 0 Å². The zero-order valence-electron chi connectivity index (χ0n) is 13.3. The van der Waals surface area contributed by atoms with Gasteiger partial charge in [0.2, 0.25) is 0 Å². The minimum Gasteiger partial charge on any atom is -0.395 e. The zero-order chi connectivity index (χ0) is 17.3. The van der Waals surface area contributed by atoms with E-state index in [2.05, 4.69) is 19.1 Å². The summed E-state index contributed by atoms with van der Waals surface area (Å²) in [6.45, 7) is 2.08. The topological polar surface area (TPSA) is 55.8 Å². The number of phosphoric ester groups is 1. The van der Waals surface area contributed by atoms with Gasteiger partial charge in [-0.05, 0) is 31.2 Å². The van der Waals surface area contributed by atoms with Gasteiger partial charge in [-0.25, -0.2) is 4.57 Å². The summed E-state index contributed by atoms with van der Waals surface area (Å²) in [7, 11) is -4.14. The van der Waals surface area contributed by atoms with Crippen molar-refractivity contribution in [2.45, 2.75) is 6.92 Å². The van der Waals surface area contributed by atoms with E-state index < -0.39 is 7.82 Å². The Morgan fingerprint density at radius 3 is 1.29 bits per heavy atom. The first-order valence-electron chi connectivity index (χ1n) is 7.39. The molecule has 0 amide bonds. The quantitative estimate of drug-likeness (QED) is 0.659. The molecule has 0 aliphatic rings. The van der Waals surface area contributed by atoms with Gasteiger partial charge >= 0.3 is 7.82 Å². The molecular formula is C19H19O4P. The molecule has 0 saturated heterocycles. The number of hydrogen-bond acceptors (Lipinski definition) is 3. The van der Waals surface area contributed by atoms with E-state index in [-0.39, 0.29) is 11.5 Å². The predicted octanol–water partition coefficient (Wildman–Crippen LogP) is 5.24. The van der Waals surface area contributed by atoms with Crippen molar-refractivity contribution >= 4 is 7.82 Å². The molecule has 0 saturated carbocycles. The first kappa shape index (κ1) is 17.8. The molecule has 24 heavy (non-hydrogen) atoms. The maximum absolute atomic E-state index is 11.7. The molecule has 3 aromatic rings. The van der Waals surface area contributed by atoms with E-state index in [9.17, 15) is 9.46 Å². The molecule has 0 radical (unpaired) electrons. The van der Waals surface area contributed by atoms with Crippen molar-refractivity contribution in [3.8, 4) is 11.5 Å². The van der Waals surface area contributed by atoms with Crippen molar-refractivity contribution < 1.29 is 18.5 Å². The summed E-state index contributed by atoms with van der Waals surface area (Å²) in [5, 5.41) is 0. The summed E-state index contributed by atoms with van der Waals surface area (Å²) in [5.74, 6) is 0.573. The lowest BCUT2D eigenvalue weighted by Crippen LogP contribution is -1.99. The zero-order valence-corrected chi connectivity index (χ0v) is 14.2. The van der Waals surface area contributed by atoms with Gasteiger partial charge in [0.1, 0.15) is 11.5 Å². The predicted molar refractivity (Wildman–Crippen MR) is 95.1 cm³/mol. The number of aryl methyl sites for hydroxylation is 1. The molecule has 0 aliphatic heterocycles. The van der Waals surface area contributed by atoms with Gasteiger partial charge in [-0.2, -0.15) is 0 Å². The Balaban J connectivity index is 0.000000249. The summed E-state index contributed by atoms with van der Waals surface area (Å²) >= 11 is 0. The fourth-order valence-corrected chi connectivity index (χ4v) is 2.60. The van der Waals surface area contributed by atoms with E-state index in [1.807, 2.05) is 18.2 Å². The summed E-state index contributed by atoms with van der Waals surface area (Å²) < 4.78 is 21.5. The molecule has 5 heteroatoms. The normalized spacial score (nSPS) is 10.2. The molecule has 0 aromatic heterocycles. The lowest BCUT2D eigenvalue weighted by Gasteiger charge is -2.13. The van der Waals surface area contributed by atoms with Crippen LogP contribution in [-0.4, -0.2) is 4.89 Å². The van der Waals surface area contributed by atoms with Crippen LogP contribution in [0.5, 0.6) is 11.5 Å². The molecule has 3 rings (SSSR count). The summed E-state index contributed by atoms with van der Waals surface area (Å²) in [6, 6.07) is 27.0. The van der Waals surface area contributed by atoms with Gasteiger partial charge in [0, 0.05) is 0 Å². The Hall–Kier alpha value is -2.55. The molecule has 4 nitrogen and oxygen atoms in total. The van der Waals surface area contributed by atoms with Crippen LogP contribution in [0.25, 0.3) is 0 Å². The Labute approximate surface area is 141 Å². The second-order valence-electron chi connectivity index (χ2n) is 4.93. The second-order valence-corrected chi connectivity index (χ2v) is 6.23. The number of rotatable bonds is 4. The van der Waals surface area contributed by atoms with Gasteiger partial charge in [-0.15, -0.1) is 0 Å². The Morgan fingerprint density at radius 2 is 1.00 bits per heavy atom. The molecule has 3 aromatic carbocycles. The van der Waals surface area contributed by atoms with Crippen molar-refractivity contribution in [3.63, 3.8) is 0 Å². The monoisotopic (exact) mass is 342 g/mol. The average molecular weight is 342 g/mol. The van der Waals surface area contributed by atoms with Crippen LogP contribution in [-0.2, 0) is 4.57 Å². The molecule has 0 atom stereocenters. The molecule has 1 N–H and O–H groups in total. The van der Waals surface area contributed by atoms with Crippen LogP contribution < -0.4 is 9.05 Å². The van der Waals surface area contributed by atoms with Crippen LogP contribution in [0, 0.1) is 6.92 Å². The Kier molecular flexibility index (Phi) is 6.62. The fourth-order valence-electron chi connectivity index (χ4n) is 1.78. The van der Waals surface area contributed by atoms with Crippen LogP contribution in [0.3, 0.4) is 0 Å². The highest BCUT2D eigenvalue weighted by molar-refractivity contribution is 7.48. The van der Waals surface area contributed by atoms with Crippen molar-refractivity contribution in [2.24, 2.45) is 0 Å². The van der Waals surface area contributed by atoms with Gasteiger partial charge in [0.05, 0.1) is 0 Å². The third-order valence-electron chi connectivity index (χ3n) is 2.87. The van der Waals surface area contributed by atoms with E-state index in [0.717, 1.165) is 0 Å². The molecule has 124 valence electrons. The van der Waals surface area contributed by atoms with E-state index in [4.69, 9.17) is 9.05 Å². The van der Waals surface area contributed by atoms with Gasteiger partial charge < -0.3 is 9.05 Å². The summed E-state index contributed by atoms with van der Waals surface area (Å²) in [6.07, 6.45) is 0. The van der Waals surface area contributed by atoms with E-state index in [1.165, 1.54) is 5.56 Å². The second kappa shape index (κ2) is 8.92. The molecule has 0 unspecified atom stereocenters. The largest absolute Gasteiger partial charge is 0.584 e. The van der Waals surface area contributed by atoms with E-state index >= 15 is 0 Å². The first-order valence-corrected chi connectivity index (χ1v) is 8.88. The number of benzene rings is 3. The van der Waals surface area contributed by atoms with Crippen molar-refractivity contribution in [3.05, 3.63) is 96.6 Å². The fraction of sp³-hybridized carbons (Fsp3) is 0.0526. The maximum atomic E-state index is 11.7. The van der Waals surface area contributed by atoms with E-state index in [1.54, 1.807) is 60.7 Å². The van der Waals surface area contributed by atoms with Crippen molar-refractivity contribution in [1.29, 1.82) is 0 Å². The molecule has 0 heterocycles. The van der Waals surface area contributed by atoms with Gasteiger partial charge in [-0.1, -0.05) is 72.3 Å². The Bertz CT molecular complexity index is 716. The first-order chi connectivity index (χ1) is 11.6. The number of hydrogen-bond donors (Lipinski definition) is 1. The highest BCUT2D eigenvalue weighted by Gasteiger charge is 2.24. The summed E-state index contributed by atoms with van der Waals surface area (Å²) in [5.41, 5.74) is 1.32.